The molecule has 0 spiro atoms. The third kappa shape index (κ3) is 3.90. The average Bonchev–Trinajstić information content (AvgIpc) is 3.16. The second-order valence-electron chi connectivity index (χ2n) is 7.19. The molecule has 2 aromatic rings. The molecule has 1 unspecified atom stereocenters. The van der Waals surface area contributed by atoms with Crippen molar-refractivity contribution in [3.8, 4) is 0 Å². The molecule has 2 amide bonds. The Labute approximate surface area is 147 Å². The number of benzene rings is 1. The van der Waals surface area contributed by atoms with E-state index in [-0.39, 0.29) is 17.6 Å². The highest BCUT2D eigenvalue weighted by Gasteiger charge is 2.28. The Morgan fingerprint density at radius 1 is 1.25 bits per heavy atom. The van der Waals surface area contributed by atoms with Crippen LogP contribution in [0, 0.1) is 0 Å². The predicted octanol–water partition coefficient (Wildman–Crippen LogP) is 3.95. The van der Waals surface area contributed by atoms with Crippen LogP contribution >= 0.6 is 11.3 Å². The minimum Gasteiger partial charge on any atom is -0.361 e. The summed E-state index contributed by atoms with van der Waals surface area (Å²) in [7, 11) is 0. The largest absolute Gasteiger partial charge is 0.361 e. The zero-order chi connectivity index (χ0) is 17.2. The van der Waals surface area contributed by atoms with Crippen LogP contribution < -0.4 is 15.5 Å². The van der Waals surface area contributed by atoms with Crippen LogP contribution in [0.4, 0.5) is 10.5 Å². The van der Waals surface area contributed by atoms with E-state index in [4.69, 9.17) is 0 Å². The molecule has 0 aliphatic carbocycles. The Morgan fingerprint density at radius 2 is 2.04 bits per heavy atom. The Bertz CT molecular complexity index is 691. The summed E-state index contributed by atoms with van der Waals surface area (Å²) in [6.07, 6.45) is 1.06. The number of rotatable bonds is 4. The summed E-state index contributed by atoms with van der Waals surface area (Å²) in [6, 6.07) is 12.8. The molecule has 2 heterocycles. The van der Waals surface area contributed by atoms with Crippen LogP contribution in [0.2, 0.25) is 0 Å². The first-order valence-corrected chi connectivity index (χ1v) is 9.26. The van der Waals surface area contributed by atoms with Crippen molar-refractivity contribution < 1.29 is 4.79 Å². The molecule has 24 heavy (non-hydrogen) atoms. The van der Waals surface area contributed by atoms with E-state index in [1.165, 1.54) is 16.1 Å². The van der Waals surface area contributed by atoms with Gasteiger partial charge in [0.1, 0.15) is 0 Å². The molecule has 0 saturated heterocycles. The van der Waals surface area contributed by atoms with Gasteiger partial charge < -0.3 is 15.5 Å². The van der Waals surface area contributed by atoms with Crippen LogP contribution in [-0.2, 0) is 6.42 Å². The number of hydrogen-bond donors (Lipinski definition) is 2. The SMILES string of the molecule is CC(C)(C)NC(=O)NCC(c1cccs1)N1CCc2ccccc21. The lowest BCUT2D eigenvalue weighted by atomic mass is 10.1. The van der Waals surface area contributed by atoms with Gasteiger partial charge in [0.2, 0.25) is 0 Å². The number of carbonyl (C=O) groups is 1. The molecule has 0 fully saturated rings. The van der Waals surface area contributed by atoms with Gasteiger partial charge in [0, 0.05) is 29.2 Å². The highest BCUT2D eigenvalue weighted by molar-refractivity contribution is 7.10. The van der Waals surface area contributed by atoms with E-state index in [2.05, 4.69) is 57.3 Å². The molecule has 1 aromatic carbocycles. The molecule has 3 rings (SSSR count). The molecule has 5 heteroatoms. The highest BCUT2D eigenvalue weighted by atomic mass is 32.1. The summed E-state index contributed by atoms with van der Waals surface area (Å²) in [6.45, 7) is 7.54. The third-order valence-electron chi connectivity index (χ3n) is 4.12. The highest BCUT2D eigenvalue weighted by Crippen LogP contribution is 2.36. The van der Waals surface area contributed by atoms with Crippen LogP contribution in [0.25, 0.3) is 0 Å². The Kier molecular flexibility index (Phi) is 4.81. The van der Waals surface area contributed by atoms with Gasteiger partial charge >= 0.3 is 6.03 Å². The lowest BCUT2D eigenvalue weighted by Crippen LogP contribution is -2.48. The summed E-state index contributed by atoms with van der Waals surface area (Å²) in [4.78, 5) is 15.9. The van der Waals surface area contributed by atoms with E-state index < -0.39 is 0 Å². The lowest BCUT2D eigenvalue weighted by molar-refractivity contribution is 0.231. The number of carbonyl (C=O) groups excluding carboxylic acids is 1. The molecule has 0 radical (unpaired) electrons. The minimum atomic E-state index is -0.233. The van der Waals surface area contributed by atoms with Gasteiger partial charge in [-0.05, 0) is 50.3 Å². The van der Waals surface area contributed by atoms with Crippen molar-refractivity contribution in [1.82, 2.24) is 10.6 Å². The molecule has 1 aromatic heterocycles. The van der Waals surface area contributed by atoms with Gasteiger partial charge in [0.15, 0.2) is 0 Å². The molecular formula is C19H25N3OS. The molecule has 1 aliphatic heterocycles. The summed E-state index contributed by atoms with van der Waals surface area (Å²) >= 11 is 1.74. The van der Waals surface area contributed by atoms with Crippen LogP contribution in [0.5, 0.6) is 0 Å². The molecule has 4 nitrogen and oxygen atoms in total. The van der Waals surface area contributed by atoms with E-state index in [1.807, 2.05) is 20.8 Å². The van der Waals surface area contributed by atoms with Crippen molar-refractivity contribution in [1.29, 1.82) is 0 Å². The second-order valence-corrected chi connectivity index (χ2v) is 8.17. The number of nitrogens with zero attached hydrogens (tertiary/aromatic N) is 1. The van der Waals surface area contributed by atoms with Crippen molar-refractivity contribution in [2.45, 2.75) is 38.8 Å². The number of urea groups is 1. The van der Waals surface area contributed by atoms with Crippen molar-refractivity contribution in [3.63, 3.8) is 0 Å². The summed E-state index contributed by atoms with van der Waals surface area (Å²) < 4.78 is 0. The number of para-hydroxylation sites is 1. The van der Waals surface area contributed by atoms with Crippen molar-refractivity contribution in [3.05, 3.63) is 52.2 Å². The first-order chi connectivity index (χ1) is 11.4. The monoisotopic (exact) mass is 343 g/mol. The Balaban J connectivity index is 1.75. The van der Waals surface area contributed by atoms with E-state index in [1.54, 1.807) is 11.3 Å². The maximum Gasteiger partial charge on any atom is 0.315 e. The molecule has 0 bridgehead atoms. The molecular weight excluding hydrogens is 318 g/mol. The molecule has 0 saturated carbocycles. The molecule has 1 atom stereocenters. The minimum absolute atomic E-state index is 0.114. The second kappa shape index (κ2) is 6.85. The number of fused-ring (bicyclic) bond motifs is 1. The number of nitrogens with one attached hydrogen (secondary N) is 2. The Hall–Kier alpha value is -2.01. The number of anilines is 1. The normalized spacial score (nSPS) is 15.0. The topological polar surface area (TPSA) is 44.4 Å². The summed E-state index contributed by atoms with van der Waals surface area (Å²) in [5, 5.41) is 8.11. The van der Waals surface area contributed by atoms with Crippen molar-refractivity contribution in [2.24, 2.45) is 0 Å². The first-order valence-electron chi connectivity index (χ1n) is 8.38. The molecule has 128 valence electrons. The quantitative estimate of drug-likeness (QED) is 0.883. The van der Waals surface area contributed by atoms with Crippen molar-refractivity contribution in [2.75, 3.05) is 18.0 Å². The van der Waals surface area contributed by atoms with Gasteiger partial charge in [-0.3, -0.25) is 0 Å². The fourth-order valence-electron chi connectivity index (χ4n) is 3.11. The van der Waals surface area contributed by atoms with E-state index in [9.17, 15) is 4.79 Å². The Morgan fingerprint density at radius 3 is 2.75 bits per heavy atom. The maximum atomic E-state index is 12.2. The molecule has 1 aliphatic rings. The smallest absolute Gasteiger partial charge is 0.315 e. The lowest BCUT2D eigenvalue weighted by Gasteiger charge is -2.30. The average molecular weight is 343 g/mol. The maximum absolute atomic E-state index is 12.2. The fourth-order valence-corrected chi connectivity index (χ4v) is 3.95. The van der Waals surface area contributed by atoms with Gasteiger partial charge in [-0.25, -0.2) is 4.79 Å². The zero-order valence-electron chi connectivity index (χ0n) is 14.5. The van der Waals surface area contributed by atoms with E-state index >= 15 is 0 Å². The molecule has 2 N–H and O–H groups in total. The third-order valence-corrected chi connectivity index (χ3v) is 5.09. The van der Waals surface area contributed by atoms with Crippen LogP contribution in [0.3, 0.4) is 0 Å². The van der Waals surface area contributed by atoms with Gasteiger partial charge in [-0.1, -0.05) is 24.3 Å². The van der Waals surface area contributed by atoms with Crippen LogP contribution in [0.15, 0.2) is 41.8 Å². The summed E-state index contributed by atoms with van der Waals surface area (Å²) in [5.41, 5.74) is 2.44. The zero-order valence-corrected chi connectivity index (χ0v) is 15.3. The van der Waals surface area contributed by atoms with Gasteiger partial charge in [-0.2, -0.15) is 0 Å². The van der Waals surface area contributed by atoms with Gasteiger partial charge in [-0.15, -0.1) is 11.3 Å². The number of hydrogen-bond acceptors (Lipinski definition) is 3. The fraction of sp³-hybridized carbons (Fsp3) is 0.421. The van der Waals surface area contributed by atoms with Crippen molar-refractivity contribution >= 4 is 23.1 Å². The number of thiophene rings is 1. The summed E-state index contributed by atoms with van der Waals surface area (Å²) in [5.74, 6) is 0. The van der Waals surface area contributed by atoms with Gasteiger partial charge in [0.05, 0.1) is 6.04 Å². The van der Waals surface area contributed by atoms with Crippen LogP contribution in [-0.4, -0.2) is 24.7 Å². The van der Waals surface area contributed by atoms with Gasteiger partial charge in [0.25, 0.3) is 0 Å². The standard InChI is InChI=1S/C19H25N3OS/c1-19(2,3)21-18(23)20-13-16(17-9-6-12-24-17)22-11-10-14-7-4-5-8-15(14)22/h4-9,12,16H,10-11,13H2,1-3H3,(H2,20,21,23). The number of amides is 2. The predicted molar refractivity (Wildman–Crippen MR) is 101 cm³/mol. The van der Waals surface area contributed by atoms with E-state index in [0.29, 0.717) is 6.54 Å². The first kappa shape index (κ1) is 16.8. The van der Waals surface area contributed by atoms with Crippen LogP contribution in [0.1, 0.15) is 37.3 Å². The van der Waals surface area contributed by atoms with E-state index in [0.717, 1.165) is 13.0 Å².